The monoisotopic (exact) mass is 341 g/mol. The molecule has 1 fully saturated rings. The van der Waals surface area contributed by atoms with Crippen molar-refractivity contribution in [3.8, 4) is 5.88 Å². The molecule has 1 amide bonds. The minimum Gasteiger partial charge on any atom is -0.473 e. The van der Waals surface area contributed by atoms with Gasteiger partial charge in [0.25, 0.3) is 5.91 Å². The second kappa shape index (κ2) is 7.21. The van der Waals surface area contributed by atoms with Crippen molar-refractivity contribution in [2.24, 2.45) is 0 Å². The van der Waals surface area contributed by atoms with E-state index in [1.165, 1.54) is 23.4 Å². The van der Waals surface area contributed by atoms with E-state index in [9.17, 15) is 14.0 Å². The number of nitrogens with zero attached hydrogens (tertiary/aromatic N) is 3. The van der Waals surface area contributed by atoms with Crippen LogP contribution in [0.3, 0.4) is 0 Å². The van der Waals surface area contributed by atoms with Crippen LogP contribution in [0.2, 0.25) is 0 Å². The number of ketones is 1. The number of Topliss-reactive ketones (excluding diaryl/α,β-unsaturated/α-hetero) is 1. The molecule has 1 aliphatic rings. The highest BCUT2D eigenvalue weighted by molar-refractivity contribution is 6.40. The Kier molecular flexibility index (Phi) is 4.83. The van der Waals surface area contributed by atoms with Crippen molar-refractivity contribution in [1.29, 1.82) is 0 Å². The van der Waals surface area contributed by atoms with Gasteiger partial charge in [-0.25, -0.2) is 14.4 Å². The lowest BCUT2D eigenvalue weighted by atomic mass is 10.0. The number of benzene rings is 1. The Morgan fingerprint density at radius 1 is 1.28 bits per heavy atom. The lowest BCUT2D eigenvalue weighted by Gasteiger charge is -2.12. The summed E-state index contributed by atoms with van der Waals surface area (Å²) in [5.74, 6) is -1.69. The van der Waals surface area contributed by atoms with Crippen molar-refractivity contribution in [1.82, 2.24) is 14.9 Å². The molecular formula is C18H16FN3O3. The number of aromatic nitrogens is 2. The van der Waals surface area contributed by atoms with Crippen LogP contribution < -0.4 is 4.74 Å². The summed E-state index contributed by atoms with van der Waals surface area (Å²) in [6, 6.07) is 7.48. The molecule has 1 atom stereocenters. The Balaban J connectivity index is 1.71. The maximum absolute atomic E-state index is 12.9. The maximum Gasteiger partial charge on any atom is 0.291 e. The predicted molar refractivity (Wildman–Crippen MR) is 87.3 cm³/mol. The molecule has 0 spiro atoms. The van der Waals surface area contributed by atoms with Gasteiger partial charge in [-0.05, 0) is 17.7 Å². The molecular weight excluding hydrogens is 325 g/mol. The van der Waals surface area contributed by atoms with E-state index in [1.807, 2.05) is 0 Å². The molecule has 0 bridgehead atoms. The predicted octanol–water partition coefficient (Wildman–Crippen LogP) is 1.88. The number of carbonyl (C=O) groups is 2. The van der Waals surface area contributed by atoms with Crippen LogP contribution in [0.5, 0.6) is 5.88 Å². The molecule has 1 aliphatic heterocycles. The fourth-order valence-corrected chi connectivity index (χ4v) is 2.59. The summed E-state index contributed by atoms with van der Waals surface area (Å²) < 4.78 is 18.5. The molecule has 6 nitrogen and oxygen atoms in total. The molecule has 1 unspecified atom stereocenters. The average molecular weight is 341 g/mol. The van der Waals surface area contributed by atoms with Crippen molar-refractivity contribution in [3.63, 3.8) is 0 Å². The number of amides is 1. The van der Waals surface area contributed by atoms with Crippen LogP contribution in [0, 0.1) is 5.82 Å². The first-order valence-electron chi connectivity index (χ1n) is 7.71. The molecule has 7 heteroatoms. The Labute approximate surface area is 144 Å². The van der Waals surface area contributed by atoms with Crippen molar-refractivity contribution in [2.45, 2.75) is 12.5 Å². The van der Waals surface area contributed by atoms with E-state index in [1.54, 1.807) is 24.3 Å². The third-order valence-corrected chi connectivity index (χ3v) is 3.89. The number of hydrogen-bond acceptors (Lipinski definition) is 5. The van der Waals surface area contributed by atoms with E-state index < -0.39 is 17.6 Å². The summed E-state index contributed by atoms with van der Waals surface area (Å²) in [5.41, 5.74) is 1.22. The number of rotatable bonds is 6. The maximum atomic E-state index is 12.9. The highest BCUT2D eigenvalue weighted by Gasteiger charge is 2.40. The molecule has 3 rings (SSSR count). The van der Waals surface area contributed by atoms with Crippen LogP contribution in [0.25, 0.3) is 0 Å². The van der Waals surface area contributed by atoms with E-state index >= 15 is 0 Å². The van der Waals surface area contributed by atoms with E-state index in [0.717, 1.165) is 5.56 Å². The zero-order valence-electron chi connectivity index (χ0n) is 13.4. The fraction of sp³-hybridized carbons (Fsp3) is 0.222. The Morgan fingerprint density at radius 3 is 2.76 bits per heavy atom. The molecule has 2 aromatic rings. The van der Waals surface area contributed by atoms with Crippen molar-refractivity contribution < 1.29 is 18.7 Å². The third kappa shape index (κ3) is 3.71. The van der Waals surface area contributed by atoms with Gasteiger partial charge in [0, 0.05) is 19.2 Å². The van der Waals surface area contributed by atoms with Crippen LogP contribution in [0.4, 0.5) is 4.39 Å². The quantitative estimate of drug-likeness (QED) is 0.592. The normalized spacial score (nSPS) is 17.0. The summed E-state index contributed by atoms with van der Waals surface area (Å²) in [5, 5.41) is 0. The molecule has 2 heterocycles. The minimum atomic E-state index is -0.636. The molecule has 128 valence electrons. The SMILES string of the molecule is C=CCN1CC(c2cc(OCc3ccc(F)cc3)ncn2)C(=O)C1=O. The van der Waals surface area contributed by atoms with Gasteiger partial charge < -0.3 is 9.64 Å². The molecule has 1 aromatic carbocycles. The molecule has 1 saturated heterocycles. The smallest absolute Gasteiger partial charge is 0.291 e. The summed E-state index contributed by atoms with van der Waals surface area (Å²) in [6.07, 6.45) is 2.87. The highest BCUT2D eigenvalue weighted by Crippen LogP contribution is 2.25. The van der Waals surface area contributed by atoms with Gasteiger partial charge in [0.05, 0.1) is 11.6 Å². The third-order valence-electron chi connectivity index (χ3n) is 3.89. The molecule has 0 radical (unpaired) electrons. The van der Waals surface area contributed by atoms with Crippen LogP contribution in [0.15, 0.2) is 49.3 Å². The largest absolute Gasteiger partial charge is 0.473 e. The van der Waals surface area contributed by atoms with Gasteiger partial charge >= 0.3 is 0 Å². The summed E-state index contributed by atoms with van der Waals surface area (Å²) in [6.45, 7) is 4.37. The molecule has 0 saturated carbocycles. The highest BCUT2D eigenvalue weighted by atomic mass is 19.1. The van der Waals surface area contributed by atoms with E-state index in [0.29, 0.717) is 12.2 Å². The molecule has 0 N–H and O–H groups in total. The first-order valence-corrected chi connectivity index (χ1v) is 7.71. The van der Waals surface area contributed by atoms with E-state index in [2.05, 4.69) is 16.5 Å². The standard InChI is InChI=1S/C18H16FN3O3/c1-2-7-22-9-14(17(23)18(22)24)15-8-16(21-11-20-15)25-10-12-3-5-13(19)6-4-12/h2-6,8,11,14H,1,7,9-10H2. The Morgan fingerprint density at radius 2 is 2.04 bits per heavy atom. The Hall–Kier alpha value is -3.09. The van der Waals surface area contributed by atoms with Crippen molar-refractivity contribution in [2.75, 3.05) is 13.1 Å². The van der Waals surface area contributed by atoms with Gasteiger partial charge in [0.1, 0.15) is 18.8 Å². The zero-order chi connectivity index (χ0) is 17.8. The van der Waals surface area contributed by atoms with Crippen LogP contribution in [-0.2, 0) is 16.2 Å². The van der Waals surface area contributed by atoms with Gasteiger partial charge in [-0.2, -0.15) is 0 Å². The second-order valence-corrected chi connectivity index (χ2v) is 5.61. The Bertz CT molecular complexity index is 807. The topological polar surface area (TPSA) is 72.4 Å². The van der Waals surface area contributed by atoms with Crippen LogP contribution in [0.1, 0.15) is 17.2 Å². The number of halogens is 1. The fourth-order valence-electron chi connectivity index (χ4n) is 2.59. The van der Waals surface area contributed by atoms with E-state index in [4.69, 9.17) is 4.74 Å². The second-order valence-electron chi connectivity index (χ2n) is 5.61. The van der Waals surface area contributed by atoms with Crippen molar-refractivity contribution in [3.05, 3.63) is 66.4 Å². The zero-order valence-corrected chi connectivity index (χ0v) is 13.4. The molecule has 25 heavy (non-hydrogen) atoms. The first kappa shape index (κ1) is 16.8. The first-order chi connectivity index (χ1) is 12.1. The lowest BCUT2D eigenvalue weighted by molar-refractivity contribution is -0.140. The van der Waals surface area contributed by atoms with Gasteiger partial charge in [-0.15, -0.1) is 6.58 Å². The molecule has 0 aliphatic carbocycles. The van der Waals surface area contributed by atoms with Gasteiger partial charge in [-0.3, -0.25) is 9.59 Å². The van der Waals surface area contributed by atoms with Gasteiger partial charge in [0.15, 0.2) is 0 Å². The van der Waals surface area contributed by atoms with E-state index in [-0.39, 0.29) is 24.8 Å². The summed E-state index contributed by atoms with van der Waals surface area (Å²) >= 11 is 0. The number of hydrogen-bond donors (Lipinski definition) is 0. The van der Waals surface area contributed by atoms with Crippen LogP contribution in [-0.4, -0.2) is 39.6 Å². The molecule has 1 aromatic heterocycles. The summed E-state index contributed by atoms with van der Waals surface area (Å²) in [4.78, 5) is 33.6. The van der Waals surface area contributed by atoms with Crippen molar-refractivity contribution >= 4 is 11.7 Å². The summed E-state index contributed by atoms with van der Waals surface area (Å²) in [7, 11) is 0. The van der Waals surface area contributed by atoms with Gasteiger partial charge in [-0.1, -0.05) is 18.2 Å². The number of carbonyl (C=O) groups excluding carboxylic acids is 2. The average Bonchev–Trinajstić information content (AvgIpc) is 2.90. The lowest BCUT2D eigenvalue weighted by Crippen LogP contribution is -2.27. The minimum absolute atomic E-state index is 0.205. The number of likely N-dealkylation sites (tertiary alicyclic amines) is 1. The van der Waals surface area contributed by atoms with Crippen LogP contribution >= 0.6 is 0 Å². The number of ether oxygens (including phenoxy) is 1. The van der Waals surface area contributed by atoms with Gasteiger partial charge in [0.2, 0.25) is 11.7 Å².